The third-order valence-corrected chi connectivity index (χ3v) is 4.30. The molecule has 0 saturated heterocycles. The van der Waals surface area contributed by atoms with E-state index in [-0.39, 0.29) is 5.91 Å². The molecule has 0 aromatic heterocycles. The van der Waals surface area contributed by atoms with Gasteiger partial charge in [-0.15, -0.1) is 0 Å². The number of carbonyl (C=O) groups is 2. The summed E-state index contributed by atoms with van der Waals surface area (Å²) in [4.78, 5) is 25.3. The second-order valence-corrected chi connectivity index (χ2v) is 6.02. The molecule has 1 heterocycles. The van der Waals surface area contributed by atoms with Crippen LogP contribution < -0.4 is 10.2 Å². The fourth-order valence-electron chi connectivity index (χ4n) is 2.85. The Balaban J connectivity index is 1.90. The number of halogens is 1. The highest BCUT2D eigenvalue weighted by Gasteiger charge is 2.30. The second-order valence-electron chi connectivity index (χ2n) is 5.11. The summed E-state index contributed by atoms with van der Waals surface area (Å²) >= 11 is 3.42. The monoisotopic (exact) mass is 322 g/mol. The van der Waals surface area contributed by atoms with Crippen LogP contribution in [0.2, 0.25) is 0 Å². The highest BCUT2D eigenvalue weighted by Crippen LogP contribution is 2.35. The van der Waals surface area contributed by atoms with Crippen LogP contribution in [-0.4, -0.2) is 24.3 Å². The molecular formula is C14H15BrN2O2. The van der Waals surface area contributed by atoms with E-state index in [1.54, 1.807) is 0 Å². The Morgan fingerprint density at radius 2 is 1.95 bits per heavy atom. The lowest BCUT2D eigenvalue weighted by molar-refractivity contribution is -0.120. The molecule has 1 aliphatic carbocycles. The zero-order chi connectivity index (χ0) is 13.4. The predicted molar refractivity (Wildman–Crippen MR) is 77.4 cm³/mol. The van der Waals surface area contributed by atoms with Crippen molar-refractivity contribution in [1.82, 2.24) is 0 Å². The first-order chi connectivity index (χ1) is 9.13. The minimum absolute atomic E-state index is 0.0162. The van der Waals surface area contributed by atoms with Crippen LogP contribution in [0.1, 0.15) is 25.7 Å². The summed E-state index contributed by atoms with van der Waals surface area (Å²) in [5.74, 6) is 0.358. The molecule has 0 spiro atoms. The van der Waals surface area contributed by atoms with E-state index < -0.39 is 0 Å². The van der Waals surface area contributed by atoms with Crippen LogP contribution in [0.4, 0.5) is 11.4 Å². The number of Topliss-reactive ketones (excluding diaryl/α,β-unsaturated/α-hetero) is 1. The molecule has 0 unspecified atom stereocenters. The van der Waals surface area contributed by atoms with Gasteiger partial charge in [-0.05, 0) is 31.0 Å². The Morgan fingerprint density at radius 1 is 1.21 bits per heavy atom. The van der Waals surface area contributed by atoms with Gasteiger partial charge in [0.15, 0.2) is 0 Å². The maximum Gasteiger partial charge on any atom is 0.243 e. The first-order valence-electron chi connectivity index (χ1n) is 6.51. The molecule has 19 heavy (non-hydrogen) atoms. The minimum atomic E-state index is 0.0162. The number of fused-ring (bicyclic) bond motifs is 1. The van der Waals surface area contributed by atoms with Crippen LogP contribution >= 0.6 is 15.9 Å². The lowest BCUT2D eigenvalue weighted by Crippen LogP contribution is -2.46. The number of nitrogens with one attached hydrogen (secondary N) is 1. The SMILES string of the molecule is O=C1CCC(N2CC(=O)Nc3cc(Br)ccc32)CC1. The number of ketones is 1. The molecule has 3 rings (SSSR count). The second kappa shape index (κ2) is 4.96. The zero-order valence-electron chi connectivity index (χ0n) is 10.5. The van der Waals surface area contributed by atoms with Gasteiger partial charge >= 0.3 is 0 Å². The maximum absolute atomic E-state index is 11.8. The topological polar surface area (TPSA) is 49.4 Å². The Morgan fingerprint density at radius 3 is 2.68 bits per heavy atom. The number of nitrogens with zero attached hydrogens (tertiary/aromatic N) is 1. The molecule has 0 bridgehead atoms. The molecule has 1 aliphatic heterocycles. The van der Waals surface area contributed by atoms with Crippen molar-refractivity contribution in [1.29, 1.82) is 0 Å². The Bertz CT molecular complexity index is 534. The lowest BCUT2D eigenvalue weighted by atomic mass is 9.92. The van der Waals surface area contributed by atoms with Crippen LogP contribution in [0.25, 0.3) is 0 Å². The average molecular weight is 323 g/mol. The van der Waals surface area contributed by atoms with Crippen LogP contribution in [0, 0.1) is 0 Å². The van der Waals surface area contributed by atoms with Crippen molar-refractivity contribution < 1.29 is 9.59 Å². The number of carbonyl (C=O) groups excluding carboxylic acids is 2. The molecule has 5 heteroatoms. The van der Waals surface area contributed by atoms with E-state index >= 15 is 0 Å². The minimum Gasteiger partial charge on any atom is -0.358 e. The van der Waals surface area contributed by atoms with E-state index in [4.69, 9.17) is 0 Å². The molecule has 1 aromatic carbocycles. The van der Waals surface area contributed by atoms with Crippen LogP contribution in [0.5, 0.6) is 0 Å². The number of hydrogen-bond donors (Lipinski definition) is 1. The fourth-order valence-corrected chi connectivity index (χ4v) is 3.21. The summed E-state index contributed by atoms with van der Waals surface area (Å²) in [6.07, 6.45) is 2.96. The van der Waals surface area contributed by atoms with Crippen LogP contribution in [0.3, 0.4) is 0 Å². The lowest BCUT2D eigenvalue weighted by Gasteiger charge is -2.39. The van der Waals surface area contributed by atoms with Crippen molar-refractivity contribution in [2.24, 2.45) is 0 Å². The van der Waals surface area contributed by atoms with Crippen LogP contribution in [-0.2, 0) is 9.59 Å². The van der Waals surface area contributed by atoms with Crippen molar-refractivity contribution in [2.45, 2.75) is 31.7 Å². The first kappa shape index (κ1) is 12.7. The summed E-state index contributed by atoms with van der Waals surface area (Å²) in [5.41, 5.74) is 1.91. The highest BCUT2D eigenvalue weighted by atomic mass is 79.9. The number of hydrogen-bond acceptors (Lipinski definition) is 3. The van der Waals surface area contributed by atoms with Crippen molar-refractivity contribution in [3.8, 4) is 0 Å². The van der Waals surface area contributed by atoms with E-state index in [2.05, 4.69) is 26.1 Å². The van der Waals surface area contributed by atoms with Gasteiger partial charge in [-0.2, -0.15) is 0 Å². The Hall–Kier alpha value is -1.36. The van der Waals surface area contributed by atoms with Gasteiger partial charge in [0.25, 0.3) is 0 Å². The third kappa shape index (κ3) is 2.52. The smallest absolute Gasteiger partial charge is 0.243 e. The molecular weight excluding hydrogens is 308 g/mol. The van der Waals surface area contributed by atoms with E-state index in [1.807, 2.05) is 18.2 Å². The summed E-state index contributed by atoms with van der Waals surface area (Å²) in [5, 5.41) is 2.90. The summed E-state index contributed by atoms with van der Waals surface area (Å²) in [6, 6.07) is 6.23. The highest BCUT2D eigenvalue weighted by molar-refractivity contribution is 9.10. The Labute approximate surface area is 120 Å². The van der Waals surface area contributed by atoms with Gasteiger partial charge in [0.1, 0.15) is 5.78 Å². The standard InChI is InChI=1S/C14H15BrN2O2/c15-9-1-6-13-12(7-9)16-14(19)8-17(13)10-2-4-11(18)5-3-10/h1,6-7,10H,2-5,8H2,(H,16,19). The maximum atomic E-state index is 11.8. The molecule has 1 N–H and O–H groups in total. The molecule has 4 nitrogen and oxygen atoms in total. The van der Waals surface area contributed by atoms with Gasteiger partial charge in [0.05, 0.1) is 17.9 Å². The summed E-state index contributed by atoms with van der Waals surface area (Å²) in [6.45, 7) is 0.382. The third-order valence-electron chi connectivity index (χ3n) is 3.81. The molecule has 1 aromatic rings. The normalized spacial score (nSPS) is 20.2. The zero-order valence-corrected chi connectivity index (χ0v) is 12.1. The Kier molecular flexibility index (Phi) is 3.31. The van der Waals surface area contributed by atoms with Crippen molar-refractivity contribution in [2.75, 3.05) is 16.8 Å². The van der Waals surface area contributed by atoms with E-state index in [9.17, 15) is 9.59 Å². The van der Waals surface area contributed by atoms with Crippen LogP contribution in [0.15, 0.2) is 22.7 Å². The average Bonchev–Trinajstić information content (AvgIpc) is 2.38. The number of amides is 1. The number of benzene rings is 1. The largest absolute Gasteiger partial charge is 0.358 e. The number of rotatable bonds is 1. The molecule has 2 aliphatic rings. The number of anilines is 2. The molecule has 1 amide bonds. The predicted octanol–water partition coefficient (Wildman–Crippen LogP) is 2.72. The summed E-state index contributed by atoms with van der Waals surface area (Å²) < 4.78 is 0.951. The van der Waals surface area contributed by atoms with Crippen molar-refractivity contribution >= 4 is 39.0 Å². The molecule has 1 fully saturated rings. The van der Waals surface area contributed by atoms with Gasteiger partial charge in [0, 0.05) is 23.4 Å². The van der Waals surface area contributed by atoms with E-state index in [0.29, 0.717) is 31.2 Å². The quantitative estimate of drug-likeness (QED) is 0.864. The van der Waals surface area contributed by atoms with Crippen molar-refractivity contribution in [3.63, 3.8) is 0 Å². The van der Waals surface area contributed by atoms with E-state index in [0.717, 1.165) is 28.7 Å². The van der Waals surface area contributed by atoms with Gasteiger partial charge in [-0.25, -0.2) is 0 Å². The fraction of sp³-hybridized carbons (Fsp3) is 0.429. The molecule has 0 atom stereocenters. The first-order valence-corrected chi connectivity index (χ1v) is 7.30. The molecule has 1 saturated carbocycles. The molecule has 0 radical (unpaired) electrons. The van der Waals surface area contributed by atoms with Gasteiger partial charge in [-0.3, -0.25) is 9.59 Å². The summed E-state index contributed by atoms with van der Waals surface area (Å²) in [7, 11) is 0. The van der Waals surface area contributed by atoms with Gasteiger partial charge < -0.3 is 10.2 Å². The van der Waals surface area contributed by atoms with E-state index in [1.165, 1.54) is 0 Å². The van der Waals surface area contributed by atoms with Gasteiger partial charge in [0.2, 0.25) is 5.91 Å². The molecule has 100 valence electrons. The van der Waals surface area contributed by atoms with Crippen molar-refractivity contribution in [3.05, 3.63) is 22.7 Å². The van der Waals surface area contributed by atoms with Gasteiger partial charge in [-0.1, -0.05) is 15.9 Å².